The number of aromatic nitrogens is 1. The standard InChI is InChI=1S/C20H26FN5.HI/c1-2-22-20(24-13-16-6-5-7-18(21)12-16)25-15-17-8-9-19(23-14-17)26-10-3-4-11-26;/h5-9,12,14H,2-4,10-11,13,15H2,1H3,(H2,22,24,25);1H. The monoisotopic (exact) mass is 483 g/mol. The third kappa shape index (κ3) is 6.64. The Hall–Kier alpha value is -1.90. The summed E-state index contributed by atoms with van der Waals surface area (Å²) in [6.07, 6.45) is 4.39. The first kappa shape index (κ1) is 21.4. The number of hydrogen-bond acceptors (Lipinski definition) is 3. The molecule has 1 fully saturated rings. The molecule has 27 heavy (non-hydrogen) atoms. The van der Waals surface area contributed by atoms with Gasteiger partial charge in [-0.15, -0.1) is 24.0 Å². The second-order valence-corrected chi connectivity index (χ2v) is 6.40. The molecular weight excluding hydrogens is 456 g/mol. The number of hydrogen-bond donors (Lipinski definition) is 2. The quantitative estimate of drug-likeness (QED) is 0.374. The molecule has 0 radical (unpaired) electrons. The van der Waals surface area contributed by atoms with E-state index in [1.54, 1.807) is 6.07 Å². The second-order valence-electron chi connectivity index (χ2n) is 6.40. The highest BCUT2D eigenvalue weighted by Crippen LogP contribution is 2.17. The fraction of sp³-hybridized carbons (Fsp3) is 0.400. The smallest absolute Gasteiger partial charge is 0.191 e. The summed E-state index contributed by atoms with van der Waals surface area (Å²) in [6.45, 7) is 6.05. The number of rotatable bonds is 6. The summed E-state index contributed by atoms with van der Waals surface area (Å²) in [5, 5.41) is 6.44. The molecule has 146 valence electrons. The number of nitrogens with zero attached hydrogens (tertiary/aromatic N) is 3. The van der Waals surface area contributed by atoms with E-state index in [9.17, 15) is 4.39 Å². The summed E-state index contributed by atoms with van der Waals surface area (Å²) in [5.41, 5.74) is 1.95. The topological polar surface area (TPSA) is 52.6 Å². The van der Waals surface area contributed by atoms with Crippen LogP contribution in [0.2, 0.25) is 0 Å². The van der Waals surface area contributed by atoms with Crippen molar-refractivity contribution >= 4 is 35.8 Å². The van der Waals surface area contributed by atoms with Gasteiger partial charge in [-0.25, -0.2) is 14.4 Å². The zero-order valence-electron chi connectivity index (χ0n) is 15.6. The van der Waals surface area contributed by atoms with Gasteiger partial charge in [-0.3, -0.25) is 0 Å². The van der Waals surface area contributed by atoms with Crippen molar-refractivity contribution in [3.63, 3.8) is 0 Å². The van der Waals surface area contributed by atoms with E-state index in [0.29, 0.717) is 19.0 Å². The predicted molar refractivity (Wildman–Crippen MR) is 119 cm³/mol. The lowest BCUT2D eigenvalue weighted by Gasteiger charge is -2.16. The van der Waals surface area contributed by atoms with E-state index in [4.69, 9.17) is 0 Å². The number of pyridine rings is 1. The molecule has 0 aliphatic carbocycles. The molecule has 0 amide bonds. The van der Waals surface area contributed by atoms with Crippen LogP contribution in [0, 0.1) is 5.82 Å². The van der Waals surface area contributed by atoms with Crippen LogP contribution >= 0.6 is 24.0 Å². The molecule has 1 aromatic heterocycles. The first-order chi connectivity index (χ1) is 12.7. The average molecular weight is 483 g/mol. The number of guanidine groups is 1. The van der Waals surface area contributed by atoms with Gasteiger partial charge in [0.05, 0.1) is 6.54 Å². The highest BCUT2D eigenvalue weighted by Gasteiger charge is 2.12. The molecule has 2 aromatic rings. The Morgan fingerprint density at radius 1 is 1.15 bits per heavy atom. The Kier molecular flexibility index (Phi) is 8.77. The third-order valence-corrected chi connectivity index (χ3v) is 4.35. The zero-order valence-corrected chi connectivity index (χ0v) is 17.9. The Balaban J connectivity index is 0.00000261. The van der Waals surface area contributed by atoms with E-state index in [2.05, 4.69) is 37.6 Å². The van der Waals surface area contributed by atoms with Crippen LogP contribution in [0.4, 0.5) is 10.2 Å². The predicted octanol–water partition coefficient (Wildman–Crippen LogP) is 3.69. The summed E-state index contributed by atoms with van der Waals surface area (Å²) in [7, 11) is 0. The molecule has 0 atom stereocenters. The van der Waals surface area contributed by atoms with Gasteiger partial charge in [-0.05, 0) is 49.1 Å². The van der Waals surface area contributed by atoms with Gasteiger partial charge in [-0.2, -0.15) is 0 Å². The molecule has 0 bridgehead atoms. The van der Waals surface area contributed by atoms with Crippen LogP contribution in [0.15, 0.2) is 47.6 Å². The molecule has 1 saturated heterocycles. The lowest BCUT2D eigenvalue weighted by Crippen LogP contribution is -2.36. The summed E-state index contributed by atoms with van der Waals surface area (Å²) in [4.78, 5) is 11.5. The minimum absolute atomic E-state index is 0. The molecule has 2 N–H and O–H groups in total. The van der Waals surface area contributed by atoms with Gasteiger partial charge in [0.15, 0.2) is 5.96 Å². The molecule has 0 unspecified atom stereocenters. The van der Waals surface area contributed by atoms with Gasteiger partial charge < -0.3 is 15.5 Å². The van der Waals surface area contributed by atoms with Crippen LogP contribution < -0.4 is 15.5 Å². The van der Waals surface area contributed by atoms with E-state index >= 15 is 0 Å². The fourth-order valence-corrected chi connectivity index (χ4v) is 2.99. The molecule has 0 spiro atoms. The van der Waals surface area contributed by atoms with Crippen molar-refractivity contribution in [1.29, 1.82) is 0 Å². The SMILES string of the molecule is CCNC(=NCc1ccc(N2CCCC2)nc1)NCc1cccc(F)c1.I. The van der Waals surface area contributed by atoms with Gasteiger partial charge in [0.2, 0.25) is 0 Å². The zero-order chi connectivity index (χ0) is 18.2. The molecule has 3 rings (SSSR count). The first-order valence-corrected chi connectivity index (χ1v) is 9.21. The minimum Gasteiger partial charge on any atom is -0.357 e. The number of halogens is 2. The Labute approximate surface area is 177 Å². The molecule has 1 aliphatic rings. The largest absolute Gasteiger partial charge is 0.357 e. The summed E-state index contributed by atoms with van der Waals surface area (Å²) in [6, 6.07) is 10.7. The van der Waals surface area contributed by atoms with Gasteiger partial charge >= 0.3 is 0 Å². The van der Waals surface area contributed by atoms with Crippen molar-refractivity contribution in [2.24, 2.45) is 4.99 Å². The molecule has 0 saturated carbocycles. The highest BCUT2D eigenvalue weighted by molar-refractivity contribution is 14.0. The molecule has 1 aromatic carbocycles. The van der Waals surface area contributed by atoms with Crippen molar-refractivity contribution < 1.29 is 4.39 Å². The van der Waals surface area contributed by atoms with E-state index in [-0.39, 0.29) is 29.8 Å². The van der Waals surface area contributed by atoms with Crippen LogP contribution in [0.5, 0.6) is 0 Å². The average Bonchev–Trinajstić information content (AvgIpc) is 3.19. The van der Waals surface area contributed by atoms with E-state index in [1.165, 1.54) is 25.0 Å². The molecule has 1 aliphatic heterocycles. The van der Waals surface area contributed by atoms with Crippen LogP contribution in [0.1, 0.15) is 30.9 Å². The number of benzene rings is 1. The van der Waals surface area contributed by atoms with E-state index in [1.807, 2.05) is 19.2 Å². The third-order valence-electron chi connectivity index (χ3n) is 4.35. The Bertz CT molecular complexity index is 729. The first-order valence-electron chi connectivity index (χ1n) is 9.21. The van der Waals surface area contributed by atoms with E-state index in [0.717, 1.165) is 36.6 Å². The van der Waals surface area contributed by atoms with Crippen molar-refractivity contribution in [3.8, 4) is 0 Å². The Morgan fingerprint density at radius 3 is 2.63 bits per heavy atom. The molecule has 5 nitrogen and oxygen atoms in total. The summed E-state index contributed by atoms with van der Waals surface area (Å²) in [5.74, 6) is 1.53. The second kappa shape index (κ2) is 11.1. The Morgan fingerprint density at radius 2 is 1.96 bits per heavy atom. The molecule has 7 heteroatoms. The van der Waals surface area contributed by atoms with Crippen LogP contribution in [-0.2, 0) is 13.1 Å². The van der Waals surface area contributed by atoms with Gasteiger partial charge in [0.1, 0.15) is 11.6 Å². The van der Waals surface area contributed by atoms with Crippen molar-refractivity contribution in [3.05, 3.63) is 59.5 Å². The van der Waals surface area contributed by atoms with Crippen molar-refractivity contribution in [2.45, 2.75) is 32.9 Å². The minimum atomic E-state index is -0.226. The van der Waals surface area contributed by atoms with Gasteiger partial charge in [0, 0.05) is 32.4 Å². The van der Waals surface area contributed by atoms with Crippen LogP contribution in [0.25, 0.3) is 0 Å². The van der Waals surface area contributed by atoms with E-state index < -0.39 is 0 Å². The maximum Gasteiger partial charge on any atom is 0.191 e. The normalized spacial score (nSPS) is 14.0. The maximum atomic E-state index is 13.3. The highest BCUT2D eigenvalue weighted by atomic mass is 127. The van der Waals surface area contributed by atoms with Crippen LogP contribution in [-0.4, -0.2) is 30.6 Å². The number of nitrogens with one attached hydrogen (secondary N) is 2. The summed E-state index contributed by atoms with van der Waals surface area (Å²) >= 11 is 0. The van der Waals surface area contributed by atoms with Crippen molar-refractivity contribution in [2.75, 3.05) is 24.5 Å². The maximum absolute atomic E-state index is 13.3. The summed E-state index contributed by atoms with van der Waals surface area (Å²) < 4.78 is 13.3. The number of aliphatic imine (C=N–C) groups is 1. The van der Waals surface area contributed by atoms with Gasteiger partial charge in [0.25, 0.3) is 0 Å². The molecular formula is C20H27FIN5. The number of anilines is 1. The van der Waals surface area contributed by atoms with Crippen LogP contribution in [0.3, 0.4) is 0 Å². The molecule has 2 heterocycles. The lowest BCUT2D eigenvalue weighted by atomic mass is 10.2. The lowest BCUT2D eigenvalue weighted by molar-refractivity contribution is 0.624. The van der Waals surface area contributed by atoms with Crippen molar-refractivity contribution in [1.82, 2.24) is 15.6 Å². The van der Waals surface area contributed by atoms with Gasteiger partial charge in [-0.1, -0.05) is 18.2 Å². The fourth-order valence-electron chi connectivity index (χ4n) is 2.99.